The van der Waals surface area contributed by atoms with Crippen molar-refractivity contribution in [2.45, 2.75) is 11.5 Å². The molecule has 46 heavy (non-hydrogen) atoms. The highest BCUT2D eigenvalue weighted by Gasteiger charge is 2.20. The third-order valence-corrected chi connectivity index (χ3v) is 9.61. The summed E-state index contributed by atoms with van der Waals surface area (Å²) in [6, 6.07) is 53.3. The molecule has 0 bridgehead atoms. The molecule has 8 rings (SSSR count). The Morgan fingerprint density at radius 2 is 1.28 bits per heavy atom. The van der Waals surface area contributed by atoms with Crippen molar-refractivity contribution in [1.29, 1.82) is 0 Å². The molecule has 0 radical (unpaired) electrons. The second kappa shape index (κ2) is 11.8. The number of rotatable bonds is 7. The van der Waals surface area contributed by atoms with E-state index in [1.165, 1.54) is 32.6 Å². The van der Waals surface area contributed by atoms with Crippen LogP contribution in [0.1, 0.15) is 5.56 Å². The lowest BCUT2D eigenvalue weighted by molar-refractivity contribution is 0.308. The number of ether oxygens (including phenoxy) is 1. The molecule has 3 nitrogen and oxygen atoms in total. The molecule has 0 saturated carbocycles. The van der Waals surface area contributed by atoms with Crippen LogP contribution in [-0.4, -0.2) is 10.8 Å². The molecule has 0 fully saturated rings. The number of aromatic nitrogens is 1. The summed E-state index contributed by atoms with van der Waals surface area (Å²) < 4.78 is 8.92. The third-order valence-electron chi connectivity index (χ3n) is 8.78. The number of nitrogens with zero attached hydrogens (tertiary/aromatic N) is 1. The zero-order chi connectivity index (χ0) is 31.0. The van der Waals surface area contributed by atoms with Crippen molar-refractivity contribution >= 4 is 50.0 Å². The van der Waals surface area contributed by atoms with E-state index >= 15 is 0 Å². The second-order valence-corrected chi connectivity index (χ2v) is 12.3. The molecule has 0 aliphatic heterocycles. The van der Waals surface area contributed by atoms with Crippen LogP contribution >= 0.6 is 11.8 Å². The SMILES string of the molecule is CSc1c(-c2ccccc2)cc(OCc2ccc(-n3c4ccccc4c4ccc5ccccc5c43)cc2)c(N)c1-c1ccccc1. The van der Waals surface area contributed by atoms with Crippen LogP contribution in [0.25, 0.3) is 60.5 Å². The number of thioether (sulfide) groups is 1. The van der Waals surface area contributed by atoms with Crippen LogP contribution in [0.2, 0.25) is 0 Å². The summed E-state index contributed by atoms with van der Waals surface area (Å²) in [5.74, 6) is 0.688. The first-order valence-corrected chi connectivity index (χ1v) is 16.7. The third kappa shape index (κ3) is 4.79. The van der Waals surface area contributed by atoms with Crippen LogP contribution in [0.4, 0.5) is 5.69 Å². The lowest BCUT2D eigenvalue weighted by Crippen LogP contribution is -2.03. The van der Waals surface area contributed by atoms with Gasteiger partial charge < -0.3 is 15.0 Å². The highest BCUT2D eigenvalue weighted by atomic mass is 32.2. The first-order valence-electron chi connectivity index (χ1n) is 15.5. The minimum Gasteiger partial charge on any atom is -0.487 e. The summed E-state index contributed by atoms with van der Waals surface area (Å²) in [7, 11) is 0. The molecule has 222 valence electrons. The standard InChI is InChI=1S/C42H32N2OS/c1-46-42-36(29-12-4-2-5-13-29)26-38(40(43)39(42)31-15-6-3-7-16-31)45-27-28-20-23-32(24-21-28)44-37-19-11-10-18-34(37)35-25-22-30-14-8-9-17-33(30)41(35)44/h2-26H,27,43H2,1H3. The summed E-state index contributed by atoms with van der Waals surface area (Å²) in [4.78, 5) is 1.14. The Bertz CT molecular complexity index is 2340. The molecule has 1 aromatic heterocycles. The van der Waals surface area contributed by atoms with Crippen LogP contribution in [0, 0.1) is 0 Å². The van der Waals surface area contributed by atoms with Gasteiger partial charge in [-0.3, -0.25) is 0 Å². The van der Waals surface area contributed by atoms with Gasteiger partial charge in [-0.25, -0.2) is 0 Å². The largest absolute Gasteiger partial charge is 0.487 e. The molecular weight excluding hydrogens is 581 g/mol. The van der Waals surface area contributed by atoms with Gasteiger partial charge in [0.15, 0.2) is 0 Å². The van der Waals surface area contributed by atoms with E-state index in [0.717, 1.165) is 38.4 Å². The normalized spacial score (nSPS) is 11.4. The van der Waals surface area contributed by atoms with Crippen molar-refractivity contribution in [1.82, 2.24) is 4.57 Å². The first-order chi connectivity index (χ1) is 22.7. The van der Waals surface area contributed by atoms with Crippen molar-refractivity contribution in [2.75, 3.05) is 12.0 Å². The number of anilines is 1. The van der Waals surface area contributed by atoms with Crippen LogP contribution in [-0.2, 0) is 6.61 Å². The predicted molar refractivity (Wildman–Crippen MR) is 196 cm³/mol. The van der Waals surface area contributed by atoms with E-state index < -0.39 is 0 Å². The van der Waals surface area contributed by atoms with Gasteiger partial charge in [0, 0.05) is 32.3 Å². The monoisotopic (exact) mass is 612 g/mol. The summed E-state index contributed by atoms with van der Waals surface area (Å²) in [6.45, 7) is 0.404. The minimum atomic E-state index is 0.404. The Labute approximate surface area is 272 Å². The smallest absolute Gasteiger partial charge is 0.144 e. The number of benzene rings is 7. The number of nitrogens with two attached hydrogens (primary N) is 1. The van der Waals surface area contributed by atoms with Gasteiger partial charge in [0.05, 0.1) is 16.7 Å². The van der Waals surface area contributed by atoms with Crippen molar-refractivity contribution < 1.29 is 4.74 Å². The summed E-state index contributed by atoms with van der Waals surface area (Å²) >= 11 is 1.71. The van der Waals surface area contributed by atoms with E-state index in [1.54, 1.807) is 11.8 Å². The van der Waals surface area contributed by atoms with Gasteiger partial charge in [-0.05, 0) is 58.2 Å². The van der Waals surface area contributed by atoms with Gasteiger partial charge in [0.25, 0.3) is 0 Å². The molecule has 4 heteroatoms. The quantitative estimate of drug-likeness (QED) is 0.144. The first kappa shape index (κ1) is 28.1. The summed E-state index contributed by atoms with van der Waals surface area (Å²) in [6.07, 6.45) is 2.11. The van der Waals surface area contributed by atoms with Crippen LogP contribution < -0.4 is 10.5 Å². The van der Waals surface area contributed by atoms with Gasteiger partial charge in [-0.1, -0.05) is 127 Å². The fourth-order valence-electron chi connectivity index (χ4n) is 6.61. The lowest BCUT2D eigenvalue weighted by atomic mass is 9.96. The lowest BCUT2D eigenvalue weighted by Gasteiger charge is -2.20. The van der Waals surface area contributed by atoms with Gasteiger partial charge in [0.2, 0.25) is 0 Å². The van der Waals surface area contributed by atoms with Crippen molar-refractivity contribution in [3.05, 3.63) is 157 Å². The number of para-hydroxylation sites is 1. The van der Waals surface area contributed by atoms with Crippen LogP contribution in [0.5, 0.6) is 5.75 Å². The van der Waals surface area contributed by atoms with E-state index in [-0.39, 0.29) is 0 Å². The van der Waals surface area contributed by atoms with E-state index in [1.807, 2.05) is 12.1 Å². The molecule has 0 spiro atoms. The average Bonchev–Trinajstić information content (AvgIpc) is 3.47. The van der Waals surface area contributed by atoms with E-state index in [2.05, 4.69) is 150 Å². The Hall–Kier alpha value is -5.45. The summed E-state index contributed by atoms with van der Waals surface area (Å²) in [5.41, 5.74) is 16.5. The van der Waals surface area contributed by atoms with Crippen molar-refractivity contribution in [3.63, 3.8) is 0 Å². The molecular formula is C42H32N2OS. The highest BCUT2D eigenvalue weighted by molar-refractivity contribution is 7.98. The molecule has 0 aliphatic rings. The molecule has 1 heterocycles. The summed E-state index contributed by atoms with van der Waals surface area (Å²) in [5, 5.41) is 4.99. The molecule has 0 unspecified atom stereocenters. The van der Waals surface area contributed by atoms with E-state index in [4.69, 9.17) is 10.5 Å². The average molecular weight is 613 g/mol. The second-order valence-electron chi connectivity index (χ2n) is 11.5. The maximum atomic E-state index is 6.90. The molecule has 0 amide bonds. The van der Waals surface area contributed by atoms with Gasteiger partial charge in [-0.2, -0.15) is 0 Å². The van der Waals surface area contributed by atoms with Gasteiger partial charge in [0.1, 0.15) is 12.4 Å². The predicted octanol–water partition coefficient (Wildman–Crippen LogP) is 11.2. The maximum Gasteiger partial charge on any atom is 0.144 e. The molecule has 0 aliphatic carbocycles. The zero-order valence-electron chi connectivity index (χ0n) is 25.5. The minimum absolute atomic E-state index is 0.404. The molecule has 7 aromatic carbocycles. The number of nitrogen functional groups attached to an aromatic ring is 1. The Morgan fingerprint density at radius 3 is 2.02 bits per heavy atom. The van der Waals surface area contributed by atoms with Gasteiger partial charge in [-0.15, -0.1) is 11.8 Å². The molecule has 8 aromatic rings. The van der Waals surface area contributed by atoms with Crippen LogP contribution in [0.15, 0.2) is 157 Å². The fraction of sp³-hybridized carbons (Fsp3) is 0.0476. The molecule has 0 atom stereocenters. The van der Waals surface area contributed by atoms with Crippen molar-refractivity contribution in [2.24, 2.45) is 0 Å². The maximum absolute atomic E-state index is 6.90. The van der Waals surface area contributed by atoms with Crippen molar-refractivity contribution in [3.8, 4) is 33.7 Å². The van der Waals surface area contributed by atoms with Crippen LogP contribution in [0.3, 0.4) is 0 Å². The molecule has 2 N–H and O–H groups in total. The number of hydrogen-bond donors (Lipinski definition) is 1. The van der Waals surface area contributed by atoms with E-state index in [0.29, 0.717) is 18.0 Å². The topological polar surface area (TPSA) is 40.2 Å². The highest BCUT2D eigenvalue weighted by Crippen LogP contribution is 2.47. The van der Waals surface area contributed by atoms with E-state index in [9.17, 15) is 0 Å². The molecule has 0 saturated heterocycles. The number of fused-ring (bicyclic) bond motifs is 5. The zero-order valence-corrected chi connectivity index (χ0v) is 26.3. The number of hydrogen-bond acceptors (Lipinski definition) is 3. The van der Waals surface area contributed by atoms with Gasteiger partial charge >= 0.3 is 0 Å². The Morgan fingerprint density at radius 1 is 0.630 bits per heavy atom. The fourth-order valence-corrected chi connectivity index (χ4v) is 7.44. The Kier molecular flexibility index (Phi) is 7.20. The Balaban J connectivity index is 1.18.